The van der Waals surface area contributed by atoms with Gasteiger partial charge >= 0.3 is 0 Å². The number of hydrogen-bond acceptors (Lipinski definition) is 5. The van der Waals surface area contributed by atoms with E-state index < -0.39 is 0 Å². The lowest BCUT2D eigenvalue weighted by Crippen LogP contribution is -2.35. The van der Waals surface area contributed by atoms with Gasteiger partial charge in [0, 0.05) is 25.5 Å². The number of nitrogens with zero attached hydrogens (tertiary/aromatic N) is 3. The summed E-state index contributed by atoms with van der Waals surface area (Å²) in [5, 5.41) is 1.15. The molecule has 3 heterocycles. The second kappa shape index (κ2) is 6.54. The molecule has 1 aliphatic rings. The van der Waals surface area contributed by atoms with Gasteiger partial charge in [0.05, 0.1) is 16.8 Å². The first-order valence-electron chi connectivity index (χ1n) is 8.02. The number of anilines is 1. The van der Waals surface area contributed by atoms with Crippen molar-refractivity contribution in [3.63, 3.8) is 0 Å². The molecule has 0 bridgehead atoms. The van der Waals surface area contributed by atoms with E-state index in [-0.39, 0.29) is 0 Å². The van der Waals surface area contributed by atoms with Crippen molar-refractivity contribution in [3.05, 3.63) is 48.8 Å². The molecule has 1 aliphatic heterocycles. The number of pyridine rings is 1. The Kier molecular flexibility index (Phi) is 4.11. The number of rotatable bonds is 4. The molecule has 0 unspecified atom stereocenters. The van der Waals surface area contributed by atoms with E-state index in [0.717, 1.165) is 48.9 Å². The highest BCUT2D eigenvalue weighted by molar-refractivity contribution is 7.22. The molecule has 1 saturated heterocycles. The van der Waals surface area contributed by atoms with Gasteiger partial charge in [-0.05, 0) is 43.0 Å². The van der Waals surface area contributed by atoms with E-state index in [1.807, 2.05) is 12.1 Å². The highest BCUT2D eigenvalue weighted by Crippen LogP contribution is 2.31. The summed E-state index contributed by atoms with van der Waals surface area (Å²) >= 11 is 1.79. The summed E-state index contributed by atoms with van der Waals surface area (Å²) in [6, 6.07) is 12.2. The fourth-order valence-electron chi connectivity index (χ4n) is 2.93. The number of aromatic nitrogens is 2. The zero-order chi connectivity index (χ0) is 15.5. The maximum absolute atomic E-state index is 5.86. The van der Waals surface area contributed by atoms with Crippen molar-refractivity contribution < 1.29 is 4.74 Å². The first-order valence-corrected chi connectivity index (χ1v) is 8.83. The third kappa shape index (κ3) is 3.29. The Morgan fingerprint density at radius 2 is 1.87 bits per heavy atom. The van der Waals surface area contributed by atoms with Crippen LogP contribution in [0, 0.1) is 5.92 Å². The number of benzene rings is 1. The smallest absolute Gasteiger partial charge is 0.186 e. The topological polar surface area (TPSA) is 38.2 Å². The minimum absolute atomic E-state index is 0.619. The van der Waals surface area contributed by atoms with Crippen LogP contribution in [-0.4, -0.2) is 29.7 Å². The van der Waals surface area contributed by atoms with Crippen LogP contribution >= 0.6 is 11.3 Å². The molecule has 0 aliphatic carbocycles. The van der Waals surface area contributed by atoms with Crippen LogP contribution in [0.2, 0.25) is 0 Å². The molecule has 4 rings (SSSR count). The molecule has 4 nitrogen and oxygen atoms in total. The van der Waals surface area contributed by atoms with Crippen LogP contribution in [0.15, 0.2) is 48.8 Å². The van der Waals surface area contributed by atoms with Gasteiger partial charge in [-0.2, -0.15) is 0 Å². The van der Waals surface area contributed by atoms with Gasteiger partial charge in [0.1, 0.15) is 5.75 Å². The zero-order valence-electron chi connectivity index (χ0n) is 12.9. The van der Waals surface area contributed by atoms with Crippen LogP contribution in [0.1, 0.15) is 12.8 Å². The number of para-hydroxylation sites is 1. The molecule has 0 amide bonds. The lowest BCUT2D eigenvalue weighted by atomic mass is 9.98. The normalized spacial score (nSPS) is 15.9. The van der Waals surface area contributed by atoms with Crippen LogP contribution in [0.4, 0.5) is 5.13 Å². The molecule has 5 heteroatoms. The van der Waals surface area contributed by atoms with Crippen molar-refractivity contribution in [2.24, 2.45) is 5.92 Å². The molecule has 3 aromatic rings. The number of fused-ring (bicyclic) bond motifs is 1. The number of thiazole rings is 1. The molecule has 2 aromatic heterocycles. The molecular formula is C18H19N3OS. The Labute approximate surface area is 139 Å². The van der Waals surface area contributed by atoms with Gasteiger partial charge in [0.2, 0.25) is 0 Å². The van der Waals surface area contributed by atoms with Crippen molar-refractivity contribution in [1.82, 2.24) is 9.97 Å². The minimum atomic E-state index is 0.619. The average Bonchev–Trinajstić information content (AvgIpc) is 3.05. The number of ether oxygens (including phenoxy) is 1. The molecule has 0 atom stereocenters. The molecule has 1 fully saturated rings. The van der Waals surface area contributed by atoms with Crippen LogP contribution in [0.25, 0.3) is 10.2 Å². The predicted molar refractivity (Wildman–Crippen MR) is 94.3 cm³/mol. The first-order chi connectivity index (χ1) is 11.4. The standard InChI is InChI=1S/C18H19N3OS/c1-2-4-17-16(3-1)20-18(23-17)21-11-7-14(8-12-21)13-22-15-5-9-19-10-6-15/h1-6,9-10,14H,7-8,11-13H2. The maximum atomic E-state index is 5.86. The van der Waals surface area contributed by atoms with Gasteiger partial charge in [-0.15, -0.1) is 0 Å². The molecule has 0 saturated carbocycles. The second-order valence-corrected chi connectivity index (χ2v) is 6.90. The van der Waals surface area contributed by atoms with E-state index in [2.05, 4.69) is 34.1 Å². The lowest BCUT2D eigenvalue weighted by Gasteiger charge is -2.31. The SMILES string of the molecule is c1ccc2sc(N3CCC(COc4ccncc4)CC3)nc2c1. The lowest BCUT2D eigenvalue weighted by molar-refractivity contribution is 0.222. The molecule has 1 aromatic carbocycles. The summed E-state index contributed by atoms with van der Waals surface area (Å²) in [5.41, 5.74) is 1.11. The van der Waals surface area contributed by atoms with Crippen molar-refractivity contribution >= 4 is 26.7 Å². The average molecular weight is 325 g/mol. The zero-order valence-corrected chi connectivity index (χ0v) is 13.7. The third-order valence-electron chi connectivity index (χ3n) is 4.30. The number of piperidine rings is 1. The summed E-state index contributed by atoms with van der Waals surface area (Å²) < 4.78 is 7.13. The summed E-state index contributed by atoms with van der Waals surface area (Å²) in [6.07, 6.45) is 5.85. The van der Waals surface area contributed by atoms with E-state index in [0.29, 0.717) is 5.92 Å². The second-order valence-electron chi connectivity index (χ2n) is 5.89. The van der Waals surface area contributed by atoms with Crippen molar-refractivity contribution in [1.29, 1.82) is 0 Å². The Bertz CT molecular complexity index is 733. The molecule has 0 spiro atoms. The quantitative estimate of drug-likeness (QED) is 0.727. The van der Waals surface area contributed by atoms with Crippen LogP contribution in [0.5, 0.6) is 5.75 Å². The fourth-order valence-corrected chi connectivity index (χ4v) is 3.95. The molecular weight excluding hydrogens is 306 g/mol. The van der Waals surface area contributed by atoms with E-state index in [1.54, 1.807) is 23.7 Å². The van der Waals surface area contributed by atoms with Crippen LogP contribution < -0.4 is 9.64 Å². The van der Waals surface area contributed by atoms with Gasteiger partial charge in [0.25, 0.3) is 0 Å². The van der Waals surface area contributed by atoms with E-state index >= 15 is 0 Å². The Balaban J connectivity index is 1.33. The molecule has 23 heavy (non-hydrogen) atoms. The van der Waals surface area contributed by atoms with E-state index in [1.165, 1.54) is 4.70 Å². The minimum Gasteiger partial charge on any atom is -0.493 e. The van der Waals surface area contributed by atoms with Gasteiger partial charge < -0.3 is 9.64 Å². The third-order valence-corrected chi connectivity index (χ3v) is 5.40. The molecule has 118 valence electrons. The predicted octanol–water partition coefficient (Wildman–Crippen LogP) is 3.99. The van der Waals surface area contributed by atoms with Crippen LogP contribution in [0.3, 0.4) is 0 Å². The summed E-state index contributed by atoms with van der Waals surface area (Å²) in [4.78, 5) is 11.2. The Hall–Kier alpha value is -2.14. The van der Waals surface area contributed by atoms with Gasteiger partial charge in [-0.25, -0.2) is 4.98 Å². The molecule has 0 N–H and O–H groups in total. The summed E-state index contributed by atoms with van der Waals surface area (Å²) in [6.45, 7) is 2.91. The summed E-state index contributed by atoms with van der Waals surface area (Å²) in [7, 11) is 0. The van der Waals surface area contributed by atoms with Gasteiger partial charge in [-0.3, -0.25) is 4.98 Å². The number of hydrogen-bond donors (Lipinski definition) is 0. The van der Waals surface area contributed by atoms with Gasteiger partial charge in [-0.1, -0.05) is 23.5 Å². The van der Waals surface area contributed by atoms with Crippen molar-refractivity contribution in [3.8, 4) is 5.75 Å². The summed E-state index contributed by atoms with van der Waals surface area (Å²) in [5.74, 6) is 1.53. The maximum Gasteiger partial charge on any atom is 0.186 e. The van der Waals surface area contributed by atoms with E-state index in [4.69, 9.17) is 9.72 Å². The van der Waals surface area contributed by atoms with Gasteiger partial charge in [0.15, 0.2) is 5.13 Å². The highest BCUT2D eigenvalue weighted by Gasteiger charge is 2.22. The molecule has 0 radical (unpaired) electrons. The largest absolute Gasteiger partial charge is 0.493 e. The van der Waals surface area contributed by atoms with Crippen LogP contribution in [-0.2, 0) is 0 Å². The monoisotopic (exact) mass is 325 g/mol. The fraction of sp³-hybridized carbons (Fsp3) is 0.333. The first kappa shape index (κ1) is 14.5. The Morgan fingerprint density at radius 1 is 1.09 bits per heavy atom. The Morgan fingerprint density at radius 3 is 2.65 bits per heavy atom. The van der Waals surface area contributed by atoms with E-state index in [9.17, 15) is 0 Å². The highest BCUT2D eigenvalue weighted by atomic mass is 32.1. The van der Waals surface area contributed by atoms with Crippen molar-refractivity contribution in [2.75, 3.05) is 24.6 Å². The van der Waals surface area contributed by atoms with Crippen molar-refractivity contribution in [2.45, 2.75) is 12.8 Å².